The van der Waals surface area contributed by atoms with Gasteiger partial charge in [-0.2, -0.15) is 0 Å². The first-order chi connectivity index (χ1) is 12.9. The van der Waals surface area contributed by atoms with Crippen LogP contribution in [-0.2, 0) is 4.79 Å². The van der Waals surface area contributed by atoms with Crippen molar-refractivity contribution in [1.29, 1.82) is 0 Å². The molecule has 2 aromatic carbocycles. The summed E-state index contributed by atoms with van der Waals surface area (Å²) in [4.78, 5) is 28.5. The molecule has 4 nitrogen and oxygen atoms in total. The van der Waals surface area contributed by atoms with Gasteiger partial charge >= 0.3 is 0 Å². The lowest BCUT2D eigenvalue weighted by Crippen LogP contribution is -2.39. The summed E-state index contributed by atoms with van der Waals surface area (Å²) in [7, 11) is 1.67. The zero-order valence-electron chi connectivity index (χ0n) is 15.7. The Balaban J connectivity index is 1.70. The summed E-state index contributed by atoms with van der Waals surface area (Å²) in [6, 6.07) is 13.8. The third-order valence-electron chi connectivity index (χ3n) is 4.67. The standard InChI is InChI=1S/C21H23FN2O2S/c1-14-6-4-8-17(12-14)21-24(19(25)15(2)27-21)11-10-23(3)20(26)16-7-5-9-18(22)13-16/h4-9,12-13,15,21H,10-11H2,1-3H3/t15-,21+/m1/s1. The van der Waals surface area contributed by atoms with Crippen LogP contribution < -0.4 is 0 Å². The van der Waals surface area contributed by atoms with E-state index in [4.69, 9.17) is 0 Å². The second-order valence-electron chi connectivity index (χ2n) is 6.81. The molecule has 0 saturated carbocycles. The van der Waals surface area contributed by atoms with Crippen LogP contribution >= 0.6 is 11.8 Å². The van der Waals surface area contributed by atoms with Crippen LogP contribution in [0.1, 0.15) is 33.8 Å². The van der Waals surface area contributed by atoms with E-state index in [1.165, 1.54) is 23.1 Å². The number of halogens is 1. The van der Waals surface area contributed by atoms with Crippen molar-refractivity contribution in [3.8, 4) is 0 Å². The highest BCUT2D eigenvalue weighted by Crippen LogP contribution is 2.42. The van der Waals surface area contributed by atoms with Crippen molar-refractivity contribution in [3.05, 3.63) is 71.0 Å². The van der Waals surface area contributed by atoms with E-state index < -0.39 is 5.82 Å². The zero-order chi connectivity index (χ0) is 19.6. The maximum atomic E-state index is 13.4. The Hall–Kier alpha value is -2.34. The van der Waals surface area contributed by atoms with E-state index in [0.717, 1.165) is 11.1 Å². The van der Waals surface area contributed by atoms with Crippen LogP contribution in [0.25, 0.3) is 0 Å². The second kappa shape index (κ2) is 8.13. The van der Waals surface area contributed by atoms with Crippen molar-refractivity contribution < 1.29 is 14.0 Å². The largest absolute Gasteiger partial charge is 0.340 e. The molecule has 1 aliphatic heterocycles. The second-order valence-corrected chi connectivity index (χ2v) is 8.24. The van der Waals surface area contributed by atoms with Crippen molar-refractivity contribution in [3.63, 3.8) is 0 Å². The molecule has 0 bridgehead atoms. The number of hydrogen-bond donors (Lipinski definition) is 0. The Kier molecular flexibility index (Phi) is 5.85. The van der Waals surface area contributed by atoms with E-state index in [-0.39, 0.29) is 22.4 Å². The van der Waals surface area contributed by atoms with Gasteiger partial charge in [-0.05, 0) is 37.6 Å². The van der Waals surface area contributed by atoms with Crippen molar-refractivity contribution >= 4 is 23.6 Å². The van der Waals surface area contributed by atoms with Crippen LogP contribution in [0.4, 0.5) is 4.39 Å². The number of rotatable bonds is 5. The van der Waals surface area contributed by atoms with Gasteiger partial charge in [0.25, 0.3) is 5.91 Å². The number of amides is 2. The van der Waals surface area contributed by atoms with Crippen LogP contribution in [0.2, 0.25) is 0 Å². The number of carbonyl (C=O) groups is 2. The van der Waals surface area contributed by atoms with Crippen molar-refractivity contribution in [2.45, 2.75) is 24.5 Å². The minimum Gasteiger partial charge on any atom is -0.340 e. The minimum absolute atomic E-state index is 0.0509. The van der Waals surface area contributed by atoms with Gasteiger partial charge in [0.2, 0.25) is 5.91 Å². The molecule has 1 aliphatic rings. The molecule has 142 valence electrons. The van der Waals surface area contributed by atoms with E-state index in [2.05, 4.69) is 6.07 Å². The SMILES string of the molecule is Cc1cccc([C@@H]2S[C@H](C)C(=O)N2CCN(C)C(=O)c2cccc(F)c2)c1. The molecule has 2 atom stereocenters. The fourth-order valence-electron chi connectivity index (χ4n) is 3.18. The number of likely N-dealkylation sites (N-methyl/N-ethyl adjacent to an activating group) is 1. The summed E-state index contributed by atoms with van der Waals surface area (Å²) >= 11 is 1.63. The van der Waals surface area contributed by atoms with Crippen molar-refractivity contribution in [1.82, 2.24) is 9.80 Å². The maximum absolute atomic E-state index is 13.4. The molecule has 0 spiro atoms. The molecule has 1 heterocycles. The first-order valence-corrected chi connectivity index (χ1v) is 9.84. The number of thioether (sulfide) groups is 1. The quantitative estimate of drug-likeness (QED) is 0.783. The van der Waals surface area contributed by atoms with Gasteiger partial charge in [0.05, 0.1) is 5.25 Å². The molecule has 3 rings (SSSR count). The lowest BCUT2D eigenvalue weighted by Gasteiger charge is -2.27. The Bertz CT molecular complexity index is 858. The van der Waals surface area contributed by atoms with E-state index in [1.807, 2.05) is 36.9 Å². The summed E-state index contributed by atoms with van der Waals surface area (Å²) in [6.45, 7) is 4.77. The van der Waals surface area contributed by atoms with Crippen LogP contribution in [0.5, 0.6) is 0 Å². The maximum Gasteiger partial charge on any atom is 0.253 e. The third-order valence-corrected chi connectivity index (χ3v) is 6.06. The van der Waals surface area contributed by atoms with E-state index in [9.17, 15) is 14.0 Å². The molecule has 1 saturated heterocycles. The highest BCUT2D eigenvalue weighted by atomic mass is 32.2. The molecule has 0 aliphatic carbocycles. The van der Waals surface area contributed by atoms with E-state index in [1.54, 1.807) is 24.9 Å². The summed E-state index contributed by atoms with van der Waals surface area (Å²) < 4.78 is 13.4. The van der Waals surface area contributed by atoms with Gasteiger partial charge < -0.3 is 9.80 Å². The summed E-state index contributed by atoms with van der Waals surface area (Å²) in [5.41, 5.74) is 2.55. The Labute approximate surface area is 163 Å². The molecule has 0 aromatic heterocycles. The summed E-state index contributed by atoms with van der Waals surface area (Å²) in [6.07, 6.45) is 0. The molecule has 2 aromatic rings. The topological polar surface area (TPSA) is 40.6 Å². The zero-order valence-corrected chi connectivity index (χ0v) is 16.5. The third kappa shape index (κ3) is 4.33. The van der Waals surface area contributed by atoms with Gasteiger partial charge in [-0.3, -0.25) is 9.59 Å². The highest BCUT2D eigenvalue weighted by Gasteiger charge is 2.38. The monoisotopic (exact) mass is 386 g/mol. The smallest absolute Gasteiger partial charge is 0.253 e. The van der Waals surface area contributed by atoms with Crippen LogP contribution in [0, 0.1) is 12.7 Å². The molecule has 6 heteroatoms. The van der Waals surface area contributed by atoms with Crippen LogP contribution in [-0.4, -0.2) is 47.0 Å². The molecule has 27 heavy (non-hydrogen) atoms. The van der Waals surface area contributed by atoms with Gasteiger partial charge in [-0.1, -0.05) is 35.9 Å². The normalized spacial score (nSPS) is 19.4. The van der Waals surface area contributed by atoms with Gasteiger partial charge in [-0.15, -0.1) is 11.8 Å². The van der Waals surface area contributed by atoms with Crippen molar-refractivity contribution in [2.24, 2.45) is 0 Å². The fraction of sp³-hybridized carbons (Fsp3) is 0.333. The van der Waals surface area contributed by atoms with Gasteiger partial charge in [-0.25, -0.2) is 4.39 Å². The summed E-state index contributed by atoms with van der Waals surface area (Å²) in [5.74, 6) is -0.610. The van der Waals surface area contributed by atoms with Gasteiger partial charge in [0, 0.05) is 25.7 Å². The minimum atomic E-state index is -0.436. The number of nitrogens with zero attached hydrogens (tertiary/aromatic N) is 2. The molecule has 0 radical (unpaired) electrons. The molecular weight excluding hydrogens is 363 g/mol. The van der Waals surface area contributed by atoms with Gasteiger partial charge in [0.15, 0.2) is 0 Å². The Morgan fingerprint density at radius 2 is 1.96 bits per heavy atom. The lowest BCUT2D eigenvalue weighted by molar-refractivity contribution is -0.129. The van der Waals surface area contributed by atoms with Crippen LogP contribution in [0.15, 0.2) is 48.5 Å². The number of hydrogen-bond acceptors (Lipinski definition) is 3. The van der Waals surface area contributed by atoms with E-state index in [0.29, 0.717) is 18.7 Å². The van der Waals surface area contributed by atoms with E-state index >= 15 is 0 Å². The van der Waals surface area contributed by atoms with Gasteiger partial charge in [0.1, 0.15) is 11.2 Å². The lowest BCUT2D eigenvalue weighted by atomic mass is 10.1. The van der Waals surface area contributed by atoms with Crippen molar-refractivity contribution in [2.75, 3.05) is 20.1 Å². The Morgan fingerprint density at radius 1 is 1.22 bits per heavy atom. The predicted molar refractivity (Wildman–Crippen MR) is 106 cm³/mol. The first-order valence-electron chi connectivity index (χ1n) is 8.90. The fourth-order valence-corrected chi connectivity index (χ4v) is 4.48. The highest BCUT2D eigenvalue weighted by molar-refractivity contribution is 8.01. The molecule has 1 fully saturated rings. The van der Waals surface area contributed by atoms with Crippen LogP contribution in [0.3, 0.4) is 0 Å². The Morgan fingerprint density at radius 3 is 2.67 bits per heavy atom. The number of benzene rings is 2. The molecular formula is C21H23FN2O2S. The molecule has 0 unspecified atom stereocenters. The summed E-state index contributed by atoms with van der Waals surface area (Å²) in [5, 5.41) is -0.162. The predicted octanol–water partition coefficient (Wildman–Crippen LogP) is 3.87. The molecule has 0 N–H and O–H groups in total. The number of carbonyl (C=O) groups excluding carboxylic acids is 2. The number of aryl methyl sites for hydroxylation is 1. The first kappa shape index (κ1) is 19.4. The average molecular weight is 386 g/mol. The average Bonchev–Trinajstić information content (AvgIpc) is 2.93. The molecule has 2 amide bonds.